The number of carbonyl (C=O) groups is 1. The molecule has 0 aromatic heterocycles. The van der Waals surface area contributed by atoms with Crippen LogP contribution >= 0.6 is 24.0 Å². The summed E-state index contributed by atoms with van der Waals surface area (Å²) in [6.07, 6.45) is 5.31. The van der Waals surface area contributed by atoms with E-state index in [0.717, 1.165) is 37.5 Å². The molecule has 5 heteroatoms. The second-order valence-corrected chi connectivity index (χ2v) is 7.77. The van der Waals surface area contributed by atoms with Gasteiger partial charge < -0.3 is 10.6 Å². The molecule has 134 valence electrons. The molecule has 1 saturated heterocycles. The van der Waals surface area contributed by atoms with Crippen molar-refractivity contribution in [2.45, 2.75) is 44.4 Å². The number of hydrogen-bond donors (Lipinski definition) is 2. The van der Waals surface area contributed by atoms with E-state index in [1.165, 1.54) is 18.4 Å². The minimum Gasteiger partial charge on any atom is -0.355 e. The van der Waals surface area contributed by atoms with Gasteiger partial charge in [-0.2, -0.15) is 0 Å². The van der Waals surface area contributed by atoms with Crippen molar-refractivity contribution in [3.05, 3.63) is 34.9 Å². The van der Waals surface area contributed by atoms with Crippen LogP contribution in [0.15, 0.2) is 24.3 Å². The molecule has 2 aliphatic rings. The van der Waals surface area contributed by atoms with E-state index in [-0.39, 0.29) is 23.7 Å². The van der Waals surface area contributed by atoms with Gasteiger partial charge in [-0.05, 0) is 68.3 Å². The maximum absolute atomic E-state index is 12.3. The molecule has 1 saturated carbocycles. The van der Waals surface area contributed by atoms with Gasteiger partial charge in [0, 0.05) is 23.4 Å². The van der Waals surface area contributed by atoms with Crippen molar-refractivity contribution >= 4 is 29.9 Å². The second kappa shape index (κ2) is 8.55. The van der Waals surface area contributed by atoms with Gasteiger partial charge in [0.15, 0.2) is 0 Å². The summed E-state index contributed by atoms with van der Waals surface area (Å²) in [5, 5.41) is 7.34. The van der Waals surface area contributed by atoms with E-state index in [9.17, 15) is 4.79 Å². The van der Waals surface area contributed by atoms with Gasteiger partial charge in [-0.15, -0.1) is 12.4 Å². The van der Waals surface area contributed by atoms with E-state index in [2.05, 4.69) is 23.6 Å². The average Bonchev–Trinajstić information content (AvgIpc) is 3.35. The SMILES string of the molecule is CC(CC(=O)NCC1(c2cccc(Cl)c2)CC1)C1CCNCC1.Cl. The van der Waals surface area contributed by atoms with E-state index in [4.69, 9.17) is 11.6 Å². The number of piperidine rings is 1. The van der Waals surface area contributed by atoms with E-state index in [1.54, 1.807) is 0 Å². The Morgan fingerprint density at radius 2 is 2.08 bits per heavy atom. The van der Waals surface area contributed by atoms with Crippen molar-refractivity contribution in [3.63, 3.8) is 0 Å². The number of rotatable bonds is 6. The molecule has 1 aromatic carbocycles. The van der Waals surface area contributed by atoms with Gasteiger partial charge in [0.05, 0.1) is 0 Å². The predicted molar refractivity (Wildman–Crippen MR) is 102 cm³/mol. The lowest BCUT2D eigenvalue weighted by Crippen LogP contribution is -2.36. The molecule has 1 aliphatic heterocycles. The zero-order valence-electron chi connectivity index (χ0n) is 14.3. The first-order valence-corrected chi connectivity index (χ1v) is 9.20. The quantitative estimate of drug-likeness (QED) is 0.796. The first-order valence-electron chi connectivity index (χ1n) is 8.82. The number of halogens is 2. The van der Waals surface area contributed by atoms with Crippen molar-refractivity contribution in [2.24, 2.45) is 11.8 Å². The monoisotopic (exact) mass is 370 g/mol. The number of hydrogen-bond acceptors (Lipinski definition) is 2. The van der Waals surface area contributed by atoms with Gasteiger partial charge in [-0.1, -0.05) is 30.7 Å². The Labute approximate surface area is 156 Å². The topological polar surface area (TPSA) is 41.1 Å². The highest BCUT2D eigenvalue weighted by Crippen LogP contribution is 2.48. The summed E-state index contributed by atoms with van der Waals surface area (Å²) in [4.78, 5) is 12.3. The van der Waals surface area contributed by atoms with Crippen LogP contribution in [0.3, 0.4) is 0 Å². The lowest BCUT2D eigenvalue weighted by atomic mass is 9.84. The molecule has 3 rings (SSSR count). The molecular formula is C19H28Cl2N2O. The van der Waals surface area contributed by atoms with Crippen molar-refractivity contribution in [1.82, 2.24) is 10.6 Å². The molecular weight excluding hydrogens is 343 g/mol. The summed E-state index contributed by atoms with van der Waals surface area (Å²) in [6.45, 7) is 5.15. The Kier molecular flexibility index (Phi) is 6.97. The van der Waals surface area contributed by atoms with Gasteiger partial charge in [0.1, 0.15) is 0 Å². The first-order chi connectivity index (χ1) is 11.1. The highest BCUT2D eigenvalue weighted by Gasteiger charge is 2.44. The highest BCUT2D eigenvalue weighted by atomic mass is 35.5. The van der Waals surface area contributed by atoms with Gasteiger partial charge in [-0.3, -0.25) is 4.79 Å². The van der Waals surface area contributed by atoms with Crippen LogP contribution in [0.1, 0.15) is 44.6 Å². The van der Waals surface area contributed by atoms with Gasteiger partial charge in [-0.25, -0.2) is 0 Å². The van der Waals surface area contributed by atoms with E-state index in [1.807, 2.05) is 18.2 Å². The fourth-order valence-electron chi connectivity index (χ4n) is 3.75. The molecule has 1 heterocycles. The fraction of sp³-hybridized carbons (Fsp3) is 0.632. The number of nitrogens with one attached hydrogen (secondary N) is 2. The Hall–Kier alpha value is -0.770. The van der Waals surface area contributed by atoms with Crippen LogP contribution in [-0.4, -0.2) is 25.5 Å². The summed E-state index contributed by atoms with van der Waals surface area (Å²) in [6, 6.07) is 8.07. The van der Waals surface area contributed by atoms with Crippen LogP contribution in [0, 0.1) is 11.8 Å². The van der Waals surface area contributed by atoms with E-state index >= 15 is 0 Å². The smallest absolute Gasteiger partial charge is 0.220 e. The molecule has 0 radical (unpaired) electrons. The van der Waals surface area contributed by atoms with Crippen molar-refractivity contribution in [1.29, 1.82) is 0 Å². The summed E-state index contributed by atoms with van der Waals surface area (Å²) < 4.78 is 0. The van der Waals surface area contributed by atoms with Crippen LogP contribution in [0.25, 0.3) is 0 Å². The van der Waals surface area contributed by atoms with Crippen LogP contribution < -0.4 is 10.6 Å². The normalized spacial score (nSPS) is 20.8. The molecule has 2 fully saturated rings. The fourth-order valence-corrected chi connectivity index (χ4v) is 3.94. The molecule has 1 unspecified atom stereocenters. The predicted octanol–water partition coefficient (Wildman–Crippen LogP) is 3.94. The Bertz CT molecular complexity index is 554. The first kappa shape index (κ1) is 19.6. The van der Waals surface area contributed by atoms with Crippen molar-refractivity contribution in [3.8, 4) is 0 Å². The van der Waals surface area contributed by atoms with E-state index in [0.29, 0.717) is 18.3 Å². The molecule has 1 aromatic rings. The largest absolute Gasteiger partial charge is 0.355 e. The van der Waals surface area contributed by atoms with Gasteiger partial charge >= 0.3 is 0 Å². The standard InChI is InChI=1S/C19H27ClN2O.ClH/c1-14(15-5-9-21-10-6-15)11-18(23)22-13-19(7-8-19)16-3-2-4-17(20)12-16;/h2-4,12,14-15,21H,5-11,13H2,1H3,(H,22,23);1H. The third kappa shape index (κ3) is 4.87. The van der Waals surface area contributed by atoms with Crippen molar-refractivity contribution < 1.29 is 4.79 Å². The molecule has 1 aliphatic carbocycles. The Balaban J connectivity index is 0.00000208. The minimum absolute atomic E-state index is 0. The van der Waals surface area contributed by atoms with Crippen molar-refractivity contribution in [2.75, 3.05) is 19.6 Å². The maximum Gasteiger partial charge on any atom is 0.220 e. The minimum atomic E-state index is 0. The molecule has 1 amide bonds. The number of amides is 1. The summed E-state index contributed by atoms with van der Waals surface area (Å²) >= 11 is 6.10. The maximum atomic E-state index is 12.3. The highest BCUT2D eigenvalue weighted by molar-refractivity contribution is 6.30. The lowest BCUT2D eigenvalue weighted by molar-refractivity contribution is -0.122. The summed E-state index contributed by atoms with van der Waals surface area (Å²) in [5.74, 6) is 1.35. The Morgan fingerprint density at radius 3 is 2.71 bits per heavy atom. The average molecular weight is 371 g/mol. The zero-order valence-corrected chi connectivity index (χ0v) is 15.9. The third-order valence-electron chi connectivity index (χ3n) is 5.61. The lowest BCUT2D eigenvalue weighted by Gasteiger charge is -2.28. The van der Waals surface area contributed by atoms with Gasteiger partial charge in [0.25, 0.3) is 0 Å². The Morgan fingerprint density at radius 1 is 1.38 bits per heavy atom. The molecule has 2 N–H and O–H groups in total. The van der Waals surface area contributed by atoms with E-state index < -0.39 is 0 Å². The molecule has 0 spiro atoms. The molecule has 24 heavy (non-hydrogen) atoms. The molecule has 0 bridgehead atoms. The van der Waals surface area contributed by atoms with Crippen LogP contribution in [0.4, 0.5) is 0 Å². The molecule has 1 atom stereocenters. The van der Waals surface area contributed by atoms with Crippen LogP contribution in [-0.2, 0) is 10.2 Å². The second-order valence-electron chi connectivity index (χ2n) is 7.34. The van der Waals surface area contributed by atoms with Gasteiger partial charge in [0.2, 0.25) is 5.91 Å². The molecule has 3 nitrogen and oxygen atoms in total. The number of benzene rings is 1. The zero-order chi connectivity index (χ0) is 16.3. The summed E-state index contributed by atoms with van der Waals surface area (Å²) in [7, 11) is 0. The summed E-state index contributed by atoms with van der Waals surface area (Å²) in [5.41, 5.74) is 1.38. The third-order valence-corrected chi connectivity index (χ3v) is 5.85. The van der Waals surface area contributed by atoms with Crippen LogP contribution in [0.5, 0.6) is 0 Å². The number of carbonyl (C=O) groups excluding carboxylic acids is 1. The van der Waals surface area contributed by atoms with Crippen LogP contribution in [0.2, 0.25) is 5.02 Å².